The fourth-order valence-electron chi connectivity index (χ4n) is 2.30. The van der Waals surface area contributed by atoms with Crippen molar-refractivity contribution < 1.29 is 9.31 Å². The van der Waals surface area contributed by atoms with Crippen LogP contribution in [-0.2, 0) is 6.54 Å². The van der Waals surface area contributed by atoms with E-state index in [1.807, 2.05) is 0 Å². The molecule has 0 aliphatic heterocycles. The molecule has 4 nitrogen and oxygen atoms in total. The highest BCUT2D eigenvalue weighted by atomic mass is 19.1. The normalized spacial score (nSPS) is 18.5. The summed E-state index contributed by atoms with van der Waals surface area (Å²) in [4.78, 5) is 10.1. The monoisotopic (exact) mass is 264 g/mol. The van der Waals surface area contributed by atoms with E-state index in [0.717, 1.165) is 31.9 Å². The van der Waals surface area contributed by atoms with Gasteiger partial charge >= 0.3 is 0 Å². The molecule has 0 radical (unpaired) electrons. The average molecular weight is 264 g/mol. The van der Waals surface area contributed by atoms with Crippen molar-refractivity contribution in [3.63, 3.8) is 0 Å². The maximum atomic E-state index is 13.2. The molecule has 1 aliphatic carbocycles. The van der Waals surface area contributed by atoms with Crippen LogP contribution in [0.5, 0.6) is 0 Å². The lowest BCUT2D eigenvalue weighted by Gasteiger charge is -2.18. The molecule has 1 aromatic rings. The lowest BCUT2D eigenvalue weighted by molar-refractivity contribution is -0.385. The summed E-state index contributed by atoms with van der Waals surface area (Å²) in [6.45, 7) is 1.31. The Kier molecular flexibility index (Phi) is 4.63. The molecule has 0 amide bonds. The average Bonchev–Trinajstić information content (AvgIpc) is 2.39. The maximum absolute atomic E-state index is 13.2. The number of hydrogen-bond donors (Lipinski definition) is 1. The second kappa shape index (κ2) is 6.43. The fourth-order valence-corrected chi connectivity index (χ4v) is 2.30. The zero-order chi connectivity index (χ0) is 13.7. The van der Waals surface area contributed by atoms with Gasteiger partial charge in [-0.3, -0.25) is 10.1 Å². The number of halogens is 1. The molecular formula is C14H17FN2O2. The number of nitrogens with zero attached hydrogens (tertiary/aromatic N) is 1. The predicted molar refractivity (Wildman–Crippen MR) is 71.2 cm³/mol. The molecule has 2 rings (SSSR count). The van der Waals surface area contributed by atoms with Crippen LogP contribution in [0.2, 0.25) is 0 Å². The second-order valence-electron chi connectivity index (χ2n) is 4.86. The summed E-state index contributed by atoms with van der Waals surface area (Å²) in [5.74, 6) is 0.0418. The third-order valence-electron chi connectivity index (χ3n) is 3.29. The van der Waals surface area contributed by atoms with Gasteiger partial charge in [0, 0.05) is 12.6 Å². The molecule has 0 aromatic heterocycles. The Morgan fingerprint density at radius 1 is 1.37 bits per heavy atom. The summed E-state index contributed by atoms with van der Waals surface area (Å²) in [6, 6.07) is 3.69. The lowest BCUT2D eigenvalue weighted by atomic mass is 9.94. The van der Waals surface area contributed by atoms with Crippen molar-refractivity contribution in [2.24, 2.45) is 5.92 Å². The zero-order valence-electron chi connectivity index (χ0n) is 10.6. The van der Waals surface area contributed by atoms with Crippen LogP contribution in [0.15, 0.2) is 30.4 Å². The van der Waals surface area contributed by atoms with Crippen molar-refractivity contribution in [3.8, 4) is 0 Å². The first-order chi connectivity index (χ1) is 9.15. The van der Waals surface area contributed by atoms with E-state index < -0.39 is 10.7 Å². The van der Waals surface area contributed by atoms with Crippen LogP contribution in [0.25, 0.3) is 0 Å². The smallest absolute Gasteiger partial charge is 0.272 e. The number of nitro benzene ring substituents is 1. The van der Waals surface area contributed by atoms with Gasteiger partial charge in [-0.25, -0.2) is 4.39 Å². The van der Waals surface area contributed by atoms with Crippen molar-refractivity contribution in [2.45, 2.75) is 25.8 Å². The van der Waals surface area contributed by atoms with Crippen LogP contribution in [0, 0.1) is 21.8 Å². The van der Waals surface area contributed by atoms with Gasteiger partial charge in [0.05, 0.1) is 11.0 Å². The Labute approximate surface area is 111 Å². The summed E-state index contributed by atoms with van der Waals surface area (Å²) >= 11 is 0. The quantitative estimate of drug-likeness (QED) is 0.505. The minimum absolute atomic E-state index is 0.197. The summed E-state index contributed by atoms with van der Waals surface area (Å²) in [5, 5.41) is 13.9. The van der Waals surface area contributed by atoms with Gasteiger partial charge in [0.15, 0.2) is 0 Å². The van der Waals surface area contributed by atoms with Crippen molar-refractivity contribution >= 4 is 5.69 Å². The Morgan fingerprint density at radius 2 is 2.21 bits per heavy atom. The highest BCUT2D eigenvalue weighted by molar-refractivity contribution is 5.35. The minimum Gasteiger partial charge on any atom is -0.312 e. The van der Waals surface area contributed by atoms with Gasteiger partial charge in [0.25, 0.3) is 5.69 Å². The molecule has 102 valence electrons. The van der Waals surface area contributed by atoms with E-state index >= 15 is 0 Å². The topological polar surface area (TPSA) is 55.2 Å². The summed E-state index contributed by atoms with van der Waals surface area (Å²) < 4.78 is 13.2. The molecule has 0 fully saturated rings. The van der Waals surface area contributed by atoms with Crippen LogP contribution in [0.4, 0.5) is 10.1 Å². The summed E-state index contributed by atoms with van der Waals surface area (Å²) in [6.07, 6.45) is 7.70. The van der Waals surface area contributed by atoms with E-state index in [1.54, 1.807) is 0 Å². The number of nitrogens with one attached hydrogen (secondary N) is 1. The minimum atomic E-state index is -0.571. The van der Waals surface area contributed by atoms with Crippen molar-refractivity contribution in [1.82, 2.24) is 5.32 Å². The van der Waals surface area contributed by atoms with Crippen molar-refractivity contribution in [1.29, 1.82) is 0 Å². The van der Waals surface area contributed by atoms with Crippen LogP contribution < -0.4 is 5.32 Å². The van der Waals surface area contributed by atoms with E-state index in [4.69, 9.17) is 0 Å². The van der Waals surface area contributed by atoms with Crippen LogP contribution in [0.1, 0.15) is 24.8 Å². The molecule has 0 spiro atoms. The zero-order valence-corrected chi connectivity index (χ0v) is 10.6. The molecule has 1 N–H and O–H groups in total. The molecule has 1 unspecified atom stereocenters. The number of benzene rings is 1. The van der Waals surface area contributed by atoms with Crippen molar-refractivity contribution in [2.75, 3.05) is 6.54 Å². The van der Waals surface area contributed by atoms with Crippen molar-refractivity contribution in [3.05, 3.63) is 51.8 Å². The first-order valence-corrected chi connectivity index (χ1v) is 6.45. The van der Waals surface area contributed by atoms with Gasteiger partial charge in [-0.05, 0) is 43.4 Å². The van der Waals surface area contributed by atoms with Crippen LogP contribution >= 0.6 is 0 Å². The Balaban J connectivity index is 1.88. The standard InChI is InChI=1S/C14H17FN2O2/c15-13-6-12(7-14(8-13)17(18)19)10-16-9-11-4-2-1-3-5-11/h1-2,6-8,11,16H,3-5,9-10H2. The molecule has 0 saturated carbocycles. The predicted octanol–water partition coefficient (Wildman–Crippen LogP) is 3.18. The maximum Gasteiger partial charge on any atom is 0.272 e. The Morgan fingerprint density at radius 3 is 2.89 bits per heavy atom. The molecule has 0 saturated heterocycles. The third kappa shape index (κ3) is 4.13. The highest BCUT2D eigenvalue weighted by Crippen LogP contribution is 2.18. The summed E-state index contributed by atoms with van der Waals surface area (Å²) in [7, 11) is 0. The Hall–Kier alpha value is -1.75. The third-order valence-corrected chi connectivity index (χ3v) is 3.29. The number of nitro groups is 1. The van der Waals surface area contributed by atoms with Gasteiger partial charge in [-0.1, -0.05) is 12.2 Å². The van der Waals surface area contributed by atoms with Gasteiger partial charge < -0.3 is 5.32 Å². The largest absolute Gasteiger partial charge is 0.312 e. The molecule has 1 aromatic carbocycles. The second-order valence-corrected chi connectivity index (χ2v) is 4.86. The van der Waals surface area contributed by atoms with Gasteiger partial charge in [-0.15, -0.1) is 0 Å². The first kappa shape index (κ1) is 13.7. The van der Waals surface area contributed by atoms with E-state index in [1.165, 1.54) is 12.1 Å². The molecular weight excluding hydrogens is 247 g/mol. The summed E-state index contributed by atoms with van der Waals surface area (Å²) in [5.41, 5.74) is 0.412. The van der Waals surface area contributed by atoms with E-state index in [0.29, 0.717) is 18.0 Å². The number of hydrogen-bond acceptors (Lipinski definition) is 3. The number of rotatable bonds is 5. The fraction of sp³-hybridized carbons (Fsp3) is 0.429. The van der Waals surface area contributed by atoms with Crippen LogP contribution in [-0.4, -0.2) is 11.5 Å². The van der Waals surface area contributed by atoms with Gasteiger partial charge in [-0.2, -0.15) is 0 Å². The number of allylic oxidation sites excluding steroid dienone is 2. The molecule has 0 bridgehead atoms. The van der Waals surface area contributed by atoms with E-state index in [9.17, 15) is 14.5 Å². The molecule has 1 aliphatic rings. The van der Waals surface area contributed by atoms with Crippen LogP contribution in [0.3, 0.4) is 0 Å². The lowest BCUT2D eigenvalue weighted by Crippen LogP contribution is -2.23. The SMILES string of the molecule is O=[N+]([O-])c1cc(F)cc(CNCC2CC=CCC2)c1. The molecule has 19 heavy (non-hydrogen) atoms. The molecule has 5 heteroatoms. The van der Waals surface area contributed by atoms with Gasteiger partial charge in [0.2, 0.25) is 0 Å². The van der Waals surface area contributed by atoms with Gasteiger partial charge in [0.1, 0.15) is 5.82 Å². The Bertz CT molecular complexity index is 488. The van der Waals surface area contributed by atoms with E-state index in [-0.39, 0.29) is 5.69 Å². The highest BCUT2D eigenvalue weighted by Gasteiger charge is 2.11. The molecule has 1 atom stereocenters. The first-order valence-electron chi connectivity index (χ1n) is 6.45. The number of non-ortho nitro benzene ring substituents is 1. The molecule has 0 heterocycles. The van der Waals surface area contributed by atoms with E-state index in [2.05, 4.69) is 17.5 Å².